The lowest BCUT2D eigenvalue weighted by atomic mass is 10.1. The SMILES string of the molecule is C[C@H](NCCC(N)=NO)c1ccccc1. The lowest BCUT2D eigenvalue weighted by Gasteiger charge is -2.13. The van der Waals surface area contributed by atoms with E-state index in [4.69, 9.17) is 10.9 Å². The number of benzene rings is 1. The Bertz CT molecular complexity index is 311. The molecule has 0 fully saturated rings. The van der Waals surface area contributed by atoms with E-state index in [2.05, 4.69) is 29.5 Å². The molecule has 15 heavy (non-hydrogen) atoms. The van der Waals surface area contributed by atoms with Gasteiger partial charge in [0.2, 0.25) is 0 Å². The Morgan fingerprint density at radius 1 is 1.47 bits per heavy atom. The zero-order valence-electron chi connectivity index (χ0n) is 8.85. The molecule has 1 atom stereocenters. The molecule has 4 N–H and O–H groups in total. The molecular weight excluding hydrogens is 190 g/mol. The molecule has 0 unspecified atom stereocenters. The van der Waals surface area contributed by atoms with Crippen LogP contribution in [0, 0.1) is 0 Å². The standard InChI is InChI=1S/C11H17N3O/c1-9(10-5-3-2-4-6-10)13-8-7-11(12)14-15/h2-6,9,13,15H,7-8H2,1H3,(H2,12,14)/t9-/m0/s1. The van der Waals surface area contributed by atoms with Gasteiger partial charge in [-0.2, -0.15) is 0 Å². The summed E-state index contributed by atoms with van der Waals surface area (Å²) in [5.41, 5.74) is 6.59. The number of nitrogens with one attached hydrogen (secondary N) is 1. The summed E-state index contributed by atoms with van der Waals surface area (Å²) in [5, 5.41) is 14.6. The van der Waals surface area contributed by atoms with Gasteiger partial charge in [-0.15, -0.1) is 0 Å². The molecule has 0 saturated carbocycles. The second-order valence-corrected chi connectivity index (χ2v) is 3.43. The molecular formula is C11H17N3O. The van der Waals surface area contributed by atoms with E-state index in [9.17, 15) is 0 Å². The van der Waals surface area contributed by atoms with Crippen LogP contribution in [-0.4, -0.2) is 17.6 Å². The number of oxime groups is 1. The fourth-order valence-corrected chi connectivity index (χ4v) is 1.33. The largest absolute Gasteiger partial charge is 0.409 e. The number of rotatable bonds is 5. The van der Waals surface area contributed by atoms with Crippen molar-refractivity contribution < 1.29 is 5.21 Å². The quantitative estimate of drug-likeness (QED) is 0.296. The Morgan fingerprint density at radius 2 is 2.13 bits per heavy atom. The Kier molecular flexibility index (Phi) is 4.63. The van der Waals surface area contributed by atoms with Crippen LogP contribution in [0.2, 0.25) is 0 Å². The first kappa shape index (κ1) is 11.5. The van der Waals surface area contributed by atoms with Crippen molar-refractivity contribution in [3.8, 4) is 0 Å². The van der Waals surface area contributed by atoms with Crippen LogP contribution in [0.15, 0.2) is 35.5 Å². The molecule has 0 saturated heterocycles. The lowest BCUT2D eigenvalue weighted by Crippen LogP contribution is -2.24. The number of nitrogens with two attached hydrogens (primary N) is 1. The fraction of sp³-hybridized carbons (Fsp3) is 0.364. The summed E-state index contributed by atoms with van der Waals surface area (Å²) in [6, 6.07) is 10.4. The summed E-state index contributed by atoms with van der Waals surface area (Å²) in [7, 11) is 0. The monoisotopic (exact) mass is 207 g/mol. The molecule has 0 spiro atoms. The molecule has 0 radical (unpaired) electrons. The summed E-state index contributed by atoms with van der Waals surface area (Å²) in [4.78, 5) is 0. The van der Waals surface area contributed by atoms with Gasteiger partial charge in [-0.3, -0.25) is 0 Å². The predicted molar refractivity (Wildman–Crippen MR) is 60.9 cm³/mol. The van der Waals surface area contributed by atoms with E-state index in [1.54, 1.807) is 0 Å². The second kappa shape index (κ2) is 6.03. The topological polar surface area (TPSA) is 70.6 Å². The van der Waals surface area contributed by atoms with Crippen LogP contribution in [0.1, 0.15) is 24.9 Å². The molecule has 0 heterocycles. The molecule has 0 aliphatic rings. The van der Waals surface area contributed by atoms with E-state index in [1.165, 1.54) is 5.56 Å². The minimum Gasteiger partial charge on any atom is -0.409 e. The minimum absolute atomic E-state index is 0.253. The molecule has 1 rings (SSSR count). The van der Waals surface area contributed by atoms with Crippen molar-refractivity contribution in [3.63, 3.8) is 0 Å². The average Bonchev–Trinajstić information content (AvgIpc) is 2.29. The average molecular weight is 207 g/mol. The van der Waals surface area contributed by atoms with Crippen molar-refractivity contribution >= 4 is 5.84 Å². The lowest BCUT2D eigenvalue weighted by molar-refractivity contribution is 0.316. The first-order valence-electron chi connectivity index (χ1n) is 4.98. The molecule has 82 valence electrons. The van der Waals surface area contributed by atoms with Crippen LogP contribution in [0.25, 0.3) is 0 Å². The molecule has 1 aromatic rings. The maximum atomic E-state index is 8.35. The van der Waals surface area contributed by atoms with Crippen LogP contribution < -0.4 is 11.1 Å². The van der Waals surface area contributed by atoms with Gasteiger partial charge < -0.3 is 16.3 Å². The Hall–Kier alpha value is -1.55. The third-order valence-corrected chi connectivity index (χ3v) is 2.26. The van der Waals surface area contributed by atoms with Gasteiger partial charge in [0.1, 0.15) is 5.84 Å². The van der Waals surface area contributed by atoms with Crippen LogP contribution in [-0.2, 0) is 0 Å². The van der Waals surface area contributed by atoms with Gasteiger partial charge in [-0.1, -0.05) is 35.5 Å². The summed E-state index contributed by atoms with van der Waals surface area (Å²) >= 11 is 0. The highest BCUT2D eigenvalue weighted by Crippen LogP contribution is 2.10. The molecule has 1 aromatic carbocycles. The number of amidine groups is 1. The zero-order valence-corrected chi connectivity index (χ0v) is 8.85. The molecule has 4 nitrogen and oxygen atoms in total. The van der Waals surface area contributed by atoms with Crippen molar-refractivity contribution in [1.29, 1.82) is 0 Å². The maximum absolute atomic E-state index is 8.35. The van der Waals surface area contributed by atoms with Gasteiger partial charge in [0.25, 0.3) is 0 Å². The van der Waals surface area contributed by atoms with Gasteiger partial charge in [0, 0.05) is 19.0 Å². The number of hydrogen-bond acceptors (Lipinski definition) is 3. The van der Waals surface area contributed by atoms with Crippen molar-refractivity contribution in [1.82, 2.24) is 5.32 Å². The Balaban J connectivity index is 2.34. The molecule has 0 aliphatic heterocycles. The van der Waals surface area contributed by atoms with Crippen molar-refractivity contribution in [2.75, 3.05) is 6.54 Å². The predicted octanol–water partition coefficient (Wildman–Crippen LogP) is 1.47. The van der Waals surface area contributed by atoms with E-state index in [0.29, 0.717) is 13.0 Å². The normalized spacial score (nSPS) is 13.8. The molecule has 0 bridgehead atoms. The molecule has 0 amide bonds. The van der Waals surface area contributed by atoms with Gasteiger partial charge >= 0.3 is 0 Å². The first-order valence-corrected chi connectivity index (χ1v) is 4.98. The zero-order chi connectivity index (χ0) is 11.1. The van der Waals surface area contributed by atoms with Crippen LogP contribution in [0.3, 0.4) is 0 Å². The highest BCUT2D eigenvalue weighted by Gasteiger charge is 2.03. The molecule has 0 aromatic heterocycles. The molecule has 0 aliphatic carbocycles. The van der Waals surface area contributed by atoms with Crippen molar-refractivity contribution in [2.45, 2.75) is 19.4 Å². The van der Waals surface area contributed by atoms with Gasteiger partial charge in [-0.05, 0) is 12.5 Å². The summed E-state index contributed by atoms with van der Waals surface area (Å²) in [6.07, 6.45) is 0.549. The number of nitrogens with zero attached hydrogens (tertiary/aromatic N) is 1. The van der Waals surface area contributed by atoms with Crippen LogP contribution in [0.5, 0.6) is 0 Å². The van der Waals surface area contributed by atoms with E-state index in [-0.39, 0.29) is 11.9 Å². The highest BCUT2D eigenvalue weighted by molar-refractivity contribution is 5.79. The first-order chi connectivity index (χ1) is 7.24. The summed E-state index contributed by atoms with van der Waals surface area (Å²) in [6.45, 7) is 2.79. The minimum atomic E-state index is 0.253. The van der Waals surface area contributed by atoms with Crippen LogP contribution >= 0.6 is 0 Å². The Morgan fingerprint density at radius 3 is 2.73 bits per heavy atom. The summed E-state index contributed by atoms with van der Waals surface area (Å²) in [5.74, 6) is 0.253. The maximum Gasteiger partial charge on any atom is 0.140 e. The Labute approximate surface area is 89.8 Å². The van der Waals surface area contributed by atoms with Gasteiger partial charge in [-0.25, -0.2) is 0 Å². The van der Waals surface area contributed by atoms with E-state index < -0.39 is 0 Å². The highest BCUT2D eigenvalue weighted by atomic mass is 16.4. The van der Waals surface area contributed by atoms with Crippen molar-refractivity contribution in [3.05, 3.63) is 35.9 Å². The van der Waals surface area contributed by atoms with Gasteiger partial charge in [0.05, 0.1) is 0 Å². The van der Waals surface area contributed by atoms with E-state index >= 15 is 0 Å². The smallest absolute Gasteiger partial charge is 0.140 e. The van der Waals surface area contributed by atoms with E-state index in [0.717, 1.165) is 0 Å². The number of hydrogen-bond donors (Lipinski definition) is 3. The van der Waals surface area contributed by atoms with Gasteiger partial charge in [0.15, 0.2) is 0 Å². The molecule has 4 heteroatoms. The van der Waals surface area contributed by atoms with Crippen molar-refractivity contribution in [2.24, 2.45) is 10.9 Å². The second-order valence-electron chi connectivity index (χ2n) is 3.43. The fourth-order valence-electron chi connectivity index (χ4n) is 1.33. The summed E-state index contributed by atoms with van der Waals surface area (Å²) < 4.78 is 0. The third-order valence-electron chi connectivity index (χ3n) is 2.26. The van der Waals surface area contributed by atoms with E-state index in [1.807, 2.05) is 18.2 Å². The third kappa shape index (κ3) is 3.99. The van der Waals surface area contributed by atoms with Crippen LogP contribution in [0.4, 0.5) is 0 Å².